The molecule has 1 aromatic carbocycles. The molecule has 132 valence electrons. The molecule has 0 aliphatic carbocycles. The summed E-state index contributed by atoms with van der Waals surface area (Å²) in [5.74, 6) is -1.69. The van der Waals surface area contributed by atoms with Gasteiger partial charge in [-0.2, -0.15) is 0 Å². The molecular weight excluding hydrogens is 387 g/mol. The van der Waals surface area contributed by atoms with Crippen LogP contribution in [0.25, 0.3) is 0 Å². The molecule has 0 aliphatic heterocycles. The average molecular weight is 399 g/mol. The lowest BCUT2D eigenvalue weighted by atomic mass is 10.3. The quantitative estimate of drug-likeness (QED) is 0.482. The summed E-state index contributed by atoms with van der Waals surface area (Å²) >= 11 is 11.7. The van der Waals surface area contributed by atoms with Crippen LogP contribution in [0.2, 0.25) is 10.0 Å². The van der Waals surface area contributed by atoms with Crippen LogP contribution in [0.3, 0.4) is 0 Å². The Morgan fingerprint density at radius 2 is 1.71 bits per heavy atom. The summed E-state index contributed by atoms with van der Waals surface area (Å²) in [5.41, 5.74) is 4.68. The Kier molecular flexibility index (Phi) is 6.78. The van der Waals surface area contributed by atoms with Crippen molar-refractivity contribution in [2.45, 2.75) is 4.90 Å². The van der Waals surface area contributed by atoms with E-state index in [1.807, 2.05) is 5.32 Å². The molecule has 0 aliphatic rings. The molecule has 0 saturated carbocycles. The van der Waals surface area contributed by atoms with Gasteiger partial charge in [0.15, 0.2) is 6.61 Å². The third-order valence-electron chi connectivity index (χ3n) is 2.38. The van der Waals surface area contributed by atoms with Crippen molar-refractivity contribution in [3.63, 3.8) is 0 Å². The Hall–Kier alpha value is -2.08. The summed E-state index contributed by atoms with van der Waals surface area (Å²) in [5, 5.41) is 8.82. The number of amides is 3. The van der Waals surface area contributed by atoms with E-state index in [1.54, 1.807) is 0 Å². The minimum absolute atomic E-state index is 0.0814. The van der Waals surface area contributed by atoms with Gasteiger partial charge in [0.1, 0.15) is 6.54 Å². The van der Waals surface area contributed by atoms with Gasteiger partial charge in [0.2, 0.25) is 10.0 Å². The van der Waals surface area contributed by atoms with Crippen molar-refractivity contribution in [3.05, 3.63) is 22.2 Å². The van der Waals surface area contributed by atoms with Crippen LogP contribution in [0.5, 0.6) is 0 Å². The lowest BCUT2D eigenvalue weighted by molar-refractivity contribution is -0.146. The van der Waals surface area contributed by atoms with Crippen LogP contribution in [-0.4, -0.2) is 39.5 Å². The molecule has 13 heteroatoms. The van der Waals surface area contributed by atoms with Crippen molar-refractivity contribution in [3.8, 4) is 0 Å². The maximum Gasteiger partial charge on any atom is 0.325 e. The highest BCUT2D eigenvalue weighted by Gasteiger charge is 2.17. The maximum atomic E-state index is 11.7. The number of sulfonamides is 1. The molecule has 3 amide bonds. The fourth-order valence-corrected chi connectivity index (χ4v) is 2.64. The number of nitrogens with two attached hydrogens (primary N) is 2. The van der Waals surface area contributed by atoms with Crippen molar-refractivity contribution in [2.24, 2.45) is 10.9 Å². The van der Waals surface area contributed by atoms with Crippen molar-refractivity contribution >= 4 is 56.8 Å². The molecule has 0 radical (unpaired) electrons. The summed E-state index contributed by atoms with van der Waals surface area (Å²) in [6.45, 7) is -1.20. The van der Waals surface area contributed by atoms with E-state index in [9.17, 15) is 22.8 Å². The second-order valence-corrected chi connectivity index (χ2v) is 6.61. The number of halogens is 2. The Bertz CT molecular complexity index is 760. The first kappa shape index (κ1) is 20.0. The normalized spacial score (nSPS) is 10.8. The van der Waals surface area contributed by atoms with Crippen LogP contribution in [0, 0.1) is 0 Å². The molecule has 0 heterocycles. The van der Waals surface area contributed by atoms with Gasteiger partial charge in [-0.05, 0) is 12.1 Å². The van der Waals surface area contributed by atoms with E-state index in [2.05, 4.69) is 10.1 Å². The van der Waals surface area contributed by atoms with Gasteiger partial charge in [0, 0.05) is 0 Å². The standard InChI is InChI=1S/C11H12Cl2N4O6S/c12-6-1-5(24(15,21)22)2-7(13)10(6)17-8(18)4-23-9(19)3-16-11(14)20/h1-2H,3-4H2,(H,17,18)(H3,14,16,20)(H2,15,21,22). The molecule has 0 bridgehead atoms. The Balaban J connectivity index is 2.71. The van der Waals surface area contributed by atoms with Gasteiger partial charge >= 0.3 is 12.0 Å². The van der Waals surface area contributed by atoms with Crippen LogP contribution in [0.4, 0.5) is 10.5 Å². The molecular formula is C11H12Cl2N4O6S. The third-order valence-corrected chi connectivity index (χ3v) is 3.87. The fourth-order valence-electron chi connectivity index (χ4n) is 1.37. The van der Waals surface area contributed by atoms with E-state index < -0.39 is 41.1 Å². The van der Waals surface area contributed by atoms with E-state index in [4.69, 9.17) is 34.1 Å². The fraction of sp³-hybridized carbons (Fsp3) is 0.182. The van der Waals surface area contributed by atoms with E-state index in [0.717, 1.165) is 12.1 Å². The predicted molar refractivity (Wildman–Crippen MR) is 85.0 cm³/mol. The van der Waals surface area contributed by atoms with E-state index >= 15 is 0 Å². The largest absolute Gasteiger partial charge is 0.454 e. The highest BCUT2D eigenvalue weighted by molar-refractivity contribution is 7.89. The molecule has 1 aromatic rings. The number of nitrogens with one attached hydrogen (secondary N) is 2. The Morgan fingerprint density at radius 3 is 2.17 bits per heavy atom. The van der Waals surface area contributed by atoms with Crippen LogP contribution in [0.1, 0.15) is 0 Å². The molecule has 6 N–H and O–H groups in total. The molecule has 0 unspecified atom stereocenters. The topological polar surface area (TPSA) is 171 Å². The SMILES string of the molecule is NC(=O)NCC(=O)OCC(=O)Nc1c(Cl)cc(S(N)(=O)=O)cc1Cl. The smallest absolute Gasteiger partial charge is 0.325 e. The third kappa shape index (κ3) is 6.20. The lowest BCUT2D eigenvalue weighted by Crippen LogP contribution is -2.35. The highest BCUT2D eigenvalue weighted by atomic mass is 35.5. The number of urea groups is 1. The summed E-state index contributed by atoms with van der Waals surface area (Å²) in [6.07, 6.45) is 0. The van der Waals surface area contributed by atoms with Gasteiger partial charge in [0.25, 0.3) is 5.91 Å². The van der Waals surface area contributed by atoms with Crippen LogP contribution in [0.15, 0.2) is 17.0 Å². The zero-order chi connectivity index (χ0) is 18.5. The number of ether oxygens (including phenoxy) is 1. The summed E-state index contributed by atoms with van der Waals surface area (Å²) in [7, 11) is -4.02. The first-order chi connectivity index (χ1) is 11.0. The van der Waals surface area contributed by atoms with Gasteiger partial charge in [-0.1, -0.05) is 23.2 Å². The molecule has 0 atom stereocenters. The van der Waals surface area contributed by atoms with Gasteiger partial charge in [-0.3, -0.25) is 9.59 Å². The minimum atomic E-state index is -4.02. The number of primary amides is 1. The predicted octanol–water partition coefficient (Wildman–Crippen LogP) is -0.209. The molecule has 0 fully saturated rings. The molecule has 24 heavy (non-hydrogen) atoms. The number of hydrogen-bond donors (Lipinski definition) is 4. The van der Waals surface area contributed by atoms with Crippen LogP contribution in [-0.2, 0) is 24.3 Å². The number of hydrogen-bond acceptors (Lipinski definition) is 6. The first-order valence-electron chi connectivity index (χ1n) is 6.01. The zero-order valence-electron chi connectivity index (χ0n) is 11.8. The van der Waals surface area contributed by atoms with Crippen molar-refractivity contribution in [2.75, 3.05) is 18.5 Å². The van der Waals surface area contributed by atoms with E-state index in [1.165, 1.54) is 0 Å². The number of benzene rings is 1. The molecule has 10 nitrogen and oxygen atoms in total. The number of anilines is 1. The summed E-state index contributed by atoms with van der Waals surface area (Å²) < 4.78 is 27.0. The number of esters is 1. The molecule has 0 aromatic heterocycles. The van der Waals surface area contributed by atoms with Crippen LogP contribution >= 0.6 is 23.2 Å². The Morgan fingerprint density at radius 1 is 1.17 bits per heavy atom. The number of carbonyl (C=O) groups excluding carboxylic acids is 3. The maximum absolute atomic E-state index is 11.7. The summed E-state index contributed by atoms with van der Waals surface area (Å²) in [6, 6.07) is 1.08. The average Bonchev–Trinajstić information content (AvgIpc) is 2.45. The van der Waals surface area contributed by atoms with Gasteiger partial charge in [-0.15, -0.1) is 0 Å². The van der Waals surface area contributed by atoms with Gasteiger partial charge in [0.05, 0.1) is 20.6 Å². The molecule has 0 saturated heterocycles. The monoisotopic (exact) mass is 398 g/mol. The van der Waals surface area contributed by atoms with Crippen LogP contribution < -0.4 is 21.5 Å². The molecule has 0 spiro atoms. The van der Waals surface area contributed by atoms with Crippen molar-refractivity contribution in [1.82, 2.24) is 5.32 Å². The number of carbonyl (C=O) groups is 3. The first-order valence-corrected chi connectivity index (χ1v) is 8.31. The van der Waals surface area contributed by atoms with E-state index in [-0.39, 0.29) is 20.6 Å². The second kappa shape index (κ2) is 8.15. The molecule has 1 rings (SSSR count). The minimum Gasteiger partial charge on any atom is -0.454 e. The van der Waals surface area contributed by atoms with Crippen molar-refractivity contribution < 1.29 is 27.5 Å². The highest BCUT2D eigenvalue weighted by Crippen LogP contribution is 2.33. The lowest BCUT2D eigenvalue weighted by Gasteiger charge is -2.11. The van der Waals surface area contributed by atoms with Gasteiger partial charge < -0.3 is 21.1 Å². The summed E-state index contributed by atoms with van der Waals surface area (Å²) in [4.78, 5) is 32.9. The van der Waals surface area contributed by atoms with Gasteiger partial charge in [-0.25, -0.2) is 18.4 Å². The van der Waals surface area contributed by atoms with E-state index in [0.29, 0.717) is 0 Å². The van der Waals surface area contributed by atoms with Crippen molar-refractivity contribution in [1.29, 1.82) is 0 Å². The number of rotatable bonds is 6. The second-order valence-electron chi connectivity index (χ2n) is 4.23. The number of primary sulfonamides is 1. The Labute approximate surface area is 146 Å². The zero-order valence-corrected chi connectivity index (χ0v) is 14.2.